The first-order valence-electron chi connectivity index (χ1n) is 6.53. The van der Waals surface area contributed by atoms with Crippen LogP contribution in [0.25, 0.3) is 0 Å². The minimum Gasteiger partial charge on any atom is -0.321 e. The third-order valence-electron chi connectivity index (χ3n) is 3.49. The molecule has 0 radical (unpaired) electrons. The number of amides is 1. The van der Waals surface area contributed by atoms with E-state index in [1.807, 2.05) is 4.90 Å². The van der Waals surface area contributed by atoms with E-state index in [9.17, 15) is 4.79 Å². The summed E-state index contributed by atoms with van der Waals surface area (Å²) in [5, 5.41) is 7.45. The summed E-state index contributed by atoms with van der Waals surface area (Å²) in [7, 11) is 0. The van der Waals surface area contributed by atoms with Crippen molar-refractivity contribution in [3.8, 4) is 0 Å². The number of thiophene rings is 1. The number of rotatable bonds is 6. The summed E-state index contributed by atoms with van der Waals surface area (Å²) in [6.45, 7) is 8.59. The zero-order valence-corrected chi connectivity index (χ0v) is 11.9. The number of nitrogens with zero attached hydrogens (tertiary/aromatic N) is 2. The third-order valence-corrected chi connectivity index (χ3v) is 4.19. The summed E-state index contributed by atoms with van der Waals surface area (Å²) in [5.41, 5.74) is 1.20. The van der Waals surface area contributed by atoms with E-state index in [0.717, 1.165) is 26.2 Å². The van der Waals surface area contributed by atoms with Gasteiger partial charge in [0.05, 0.1) is 6.54 Å². The normalized spacial score (nSPS) is 20.1. The molecular weight excluding hydrogens is 246 g/mol. The zero-order valence-electron chi connectivity index (χ0n) is 11.1. The van der Waals surface area contributed by atoms with Gasteiger partial charge in [-0.05, 0) is 35.5 Å². The van der Waals surface area contributed by atoms with Crippen LogP contribution in [0.5, 0.6) is 0 Å². The van der Waals surface area contributed by atoms with E-state index in [1.54, 1.807) is 11.3 Å². The van der Waals surface area contributed by atoms with Crippen molar-refractivity contribution in [2.75, 3.05) is 32.7 Å². The Bertz CT molecular complexity index is 376. The van der Waals surface area contributed by atoms with Gasteiger partial charge in [0.15, 0.2) is 0 Å². The topological polar surface area (TPSA) is 35.6 Å². The van der Waals surface area contributed by atoms with Crippen molar-refractivity contribution in [1.29, 1.82) is 0 Å². The highest BCUT2D eigenvalue weighted by molar-refractivity contribution is 7.07. The van der Waals surface area contributed by atoms with Crippen LogP contribution in [0.2, 0.25) is 0 Å². The predicted molar refractivity (Wildman–Crippen MR) is 74.6 cm³/mol. The van der Waals surface area contributed by atoms with Gasteiger partial charge in [-0.3, -0.25) is 10.1 Å². The van der Waals surface area contributed by atoms with Crippen LogP contribution in [0.4, 0.5) is 0 Å². The molecule has 18 heavy (non-hydrogen) atoms. The van der Waals surface area contributed by atoms with Crippen molar-refractivity contribution in [3.63, 3.8) is 0 Å². The lowest BCUT2D eigenvalue weighted by atomic mass is 10.2. The van der Waals surface area contributed by atoms with Gasteiger partial charge in [0.25, 0.3) is 0 Å². The molecule has 1 atom stereocenters. The second-order valence-electron chi connectivity index (χ2n) is 4.45. The van der Waals surface area contributed by atoms with E-state index < -0.39 is 0 Å². The first kappa shape index (κ1) is 13.5. The summed E-state index contributed by atoms with van der Waals surface area (Å²) in [6.07, 6.45) is 0.0688. The Hall–Kier alpha value is -0.910. The summed E-state index contributed by atoms with van der Waals surface area (Å²) in [4.78, 5) is 16.2. The second-order valence-corrected chi connectivity index (χ2v) is 5.23. The van der Waals surface area contributed by atoms with E-state index >= 15 is 0 Å². The van der Waals surface area contributed by atoms with Crippen LogP contribution in [-0.4, -0.2) is 48.4 Å². The second kappa shape index (κ2) is 6.31. The molecule has 1 aliphatic rings. The van der Waals surface area contributed by atoms with Gasteiger partial charge in [0.2, 0.25) is 5.91 Å². The molecule has 1 fully saturated rings. The number of hydrogen-bond acceptors (Lipinski definition) is 4. The highest BCUT2D eigenvalue weighted by atomic mass is 32.1. The van der Waals surface area contributed by atoms with Crippen LogP contribution in [0, 0.1) is 0 Å². The molecule has 0 spiro atoms. The molecule has 1 N–H and O–H groups in total. The van der Waals surface area contributed by atoms with Crippen LogP contribution in [0.15, 0.2) is 16.8 Å². The van der Waals surface area contributed by atoms with Crippen LogP contribution in [-0.2, 0) is 4.79 Å². The molecule has 2 rings (SSSR count). The summed E-state index contributed by atoms with van der Waals surface area (Å²) < 4.78 is 0. The van der Waals surface area contributed by atoms with Crippen LogP contribution in [0.1, 0.15) is 25.6 Å². The summed E-state index contributed by atoms with van der Waals surface area (Å²) in [6, 6.07) is 2.09. The van der Waals surface area contributed by atoms with Crippen LogP contribution in [0.3, 0.4) is 0 Å². The molecule has 100 valence electrons. The maximum atomic E-state index is 11.9. The smallest absolute Gasteiger partial charge is 0.238 e. The Morgan fingerprint density at radius 1 is 1.50 bits per heavy atom. The molecule has 1 aliphatic heterocycles. The maximum absolute atomic E-state index is 11.9. The Kier molecular flexibility index (Phi) is 4.74. The minimum atomic E-state index is 0.0688. The van der Waals surface area contributed by atoms with Crippen molar-refractivity contribution in [2.45, 2.75) is 20.0 Å². The number of carbonyl (C=O) groups is 1. The van der Waals surface area contributed by atoms with E-state index in [2.05, 4.69) is 40.9 Å². The van der Waals surface area contributed by atoms with E-state index in [1.165, 1.54) is 5.56 Å². The van der Waals surface area contributed by atoms with Crippen molar-refractivity contribution < 1.29 is 4.79 Å². The number of nitrogens with one attached hydrogen (secondary N) is 1. The zero-order chi connectivity index (χ0) is 13.0. The Morgan fingerprint density at radius 2 is 2.28 bits per heavy atom. The lowest BCUT2D eigenvalue weighted by Gasteiger charge is -2.27. The SMILES string of the molecule is CCN(CC)CCN1C(=O)CNC1c1ccsc1. The monoisotopic (exact) mass is 267 g/mol. The maximum Gasteiger partial charge on any atom is 0.238 e. The molecule has 4 nitrogen and oxygen atoms in total. The van der Waals surface area contributed by atoms with Gasteiger partial charge in [0.1, 0.15) is 6.17 Å². The first-order chi connectivity index (χ1) is 8.76. The van der Waals surface area contributed by atoms with Crippen LogP contribution >= 0.6 is 11.3 Å². The molecule has 1 aromatic heterocycles. The number of likely N-dealkylation sites (N-methyl/N-ethyl adjacent to an activating group) is 1. The van der Waals surface area contributed by atoms with E-state index in [0.29, 0.717) is 6.54 Å². The predicted octanol–water partition coefficient (Wildman–Crippen LogP) is 1.52. The fourth-order valence-electron chi connectivity index (χ4n) is 2.31. The quantitative estimate of drug-likeness (QED) is 0.849. The Balaban J connectivity index is 1.98. The average molecular weight is 267 g/mol. The molecule has 5 heteroatoms. The van der Waals surface area contributed by atoms with Gasteiger partial charge in [0, 0.05) is 13.1 Å². The Morgan fingerprint density at radius 3 is 2.89 bits per heavy atom. The van der Waals surface area contributed by atoms with Crippen molar-refractivity contribution >= 4 is 17.2 Å². The summed E-state index contributed by atoms with van der Waals surface area (Å²) in [5.74, 6) is 0.207. The van der Waals surface area contributed by atoms with Crippen molar-refractivity contribution in [2.24, 2.45) is 0 Å². The molecular formula is C13H21N3OS. The number of carbonyl (C=O) groups excluding carboxylic acids is 1. The van der Waals surface area contributed by atoms with Gasteiger partial charge in [-0.1, -0.05) is 13.8 Å². The molecule has 1 saturated heterocycles. The lowest BCUT2D eigenvalue weighted by molar-refractivity contribution is -0.128. The summed E-state index contributed by atoms with van der Waals surface area (Å²) >= 11 is 1.67. The molecule has 1 unspecified atom stereocenters. The van der Waals surface area contributed by atoms with Gasteiger partial charge < -0.3 is 9.80 Å². The van der Waals surface area contributed by atoms with Gasteiger partial charge in [-0.25, -0.2) is 0 Å². The molecule has 0 aromatic carbocycles. The highest BCUT2D eigenvalue weighted by Gasteiger charge is 2.31. The van der Waals surface area contributed by atoms with Crippen molar-refractivity contribution in [3.05, 3.63) is 22.4 Å². The molecule has 0 saturated carbocycles. The minimum absolute atomic E-state index is 0.0688. The lowest BCUT2D eigenvalue weighted by Crippen LogP contribution is -2.38. The van der Waals surface area contributed by atoms with Crippen LogP contribution < -0.4 is 5.32 Å². The molecule has 1 aromatic rings. The fraction of sp³-hybridized carbons (Fsp3) is 0.615. The third kappa shape index (κ3) is 2.91. The van der Waals surface area contributed by atoms with Gasteiger partial charge in [-0.2, -0.15) is 11.3 Å². The van der Waals surface area contributed by atoms with Gasteiger partial charge in [-0.15, -0.1) is 0 Å². The van der Waals surface area contributed by atoms with Crippen molar-refractivity contribution in [1.82, 2.24) is 15.1 Å². The van der Waals surface area contributed by atoms with Gasteiger partial charge >= 0.3 is 0 Å². The first-order valence-corrected chi connectivity index (χ1v) is 7.47. The standard InChI is InChI=1S/C13H21N3OS/c1-3-15(4-2)6-7-16-12(17)9-14-13(16)11-5-8-18-10-11/h5,8,10,13-14H,3-4,6-7,9H2,1-2H3. The highest BCUT2D eigenvalue weighted by Crippen LogP contribution is 2.23. The van der Waals surface area contributed by atoms with E-state index in [-0.39, 0.29) is 12.1 Å². The average Bonchev–Trinajstić information content (AvgIpc) is 3.00. The van der Waals surface area contributed by atoms with E-state index in [4.69, 9.17) is 0 Å². The Labute approximate surface area is 113 Å². The molecule has 0 bridgehead atoms. The fourth-order valence-corrected chi connectivity index (χ4v) is 2.99. The molecule has 2 heterocycles. The number of hydrogen-bond donors (Lipinski definition) is 1. The largest absolute Gasteiger partial charge is 0.321 e. The molecule has 0 aliphatic carbocycles. The molecule has 1 amide bonds.